The van der Waals surface area contributed by atoms with Crippen molar-refractivity contribution in [2.75, 3.05) is 6.61 Å². The van der Waals surface area contributed by atoms with Crippen LogP contribution in [0.25, 0.3) is 0 Å². The van der Waals surface area contributed by atoms with Gasteiger partial charge in [-0.2, -0.15) is 0 Å². The van der Waals surface area contributed by atoms with Gasteiger partial charge in [-0.15, -0.1) is 0 Å². The van der Waals surface area contributed by atoms with Crippen molar-refractivity contribution in [3.63, 3.8) is 0 Å². The first-order valence-electron chi connectivity index (χ1n) is 5.85. The predicted molar refractivity (Wildman–Crippen MR) is 69.3 cm³/mol. The number of carbonyl (C=O) groups excluding carboxylic acids is 1. The van der Waals surface area contributed by atoms with Crippen LogP contribution in [0.2, 0.25) is 0 Å². The molecule has 5 N–H and O–H groups in total. The van der Waals surface area contributed by atoms with Gasteiger partial charge in [0.15, 0.2) is 0 Å². The van der Waals surface area contributed by atoms with Crippen molar-refractivity contribution < 1.29 is 19.8 Å². The molecule has 1 aromatic carbocycles. The molecule has 0 saturated carbocycles. The van der Waals surface area contributed by atoms with Crippen molar-refractivity contribution in [2.45, 2.75) is 24.9 Å². The molecule has 1 amide bonds. The maximum absolute atomic E-state index is 11.8. The molecule has 6 heteroatoms. The number of aliphatic carboxylic acids is 1. The molecule has 1 aromatic rings. The molecule has 0 fully saturated rings. The Morgan fingerprint density at radius 1 is 1.37 bits per heavy atom. The van der Waals surface area contributed by atoms with Gasteiger partial charge in [0.2, 0.25) is 5.91 Å². The normalized spacial score (nSPS) is 15.3. The highest BCUT2D eigenvalue weighted by Gasteiger charge is 2.30. The Hall–Kier alpha value is -1.92. The van der Waals surface area contributed by atoms with Gasteiger partial charge in [0.1, 0.15) is 0 Å². The monoisotopic (exact) mass is 266 g/mol. The number of nitrogens with two attached hydrogens (primary N) is 1. The summed E-state index contributed by atoms with van der Waals surface area (Å²) in [4.78, 5) is 22.3. The van der Waals surface area contributed by atoms with Crippen molar-refractivity contribution in [1.29, 1.82) is 0 Å². The molecule has 19 heavy (non-hydrogen) atoms. The average molecular weight is 266 g/mol. The quantitative estimate of drug-likeness (QED) is 0.570. The van der Waals surface area contributed by atoms with E-state index in [0.717, 1.165) is 0 Å². The predicted octanol–water partition coefficient (Wildman–Crippen LogP) is -0.188. The van der Waals surface area contributed by atoms with Crippen LogP contribution in [0, 0.1) is 0 Å². The number of carbonyl (C=O) groups is 2. The number of carboxylic acid groups (broad SMARTS) is 1. The SMILES string of the molecule is CC(CO)(NC(=O)C(N)CC(=O)O)c1ccccc1. The molecular weight excluding hydrogens is 248 g/mol. The summed E-state index contributed by atoms with van der Waals surface area (Å²) in [5, 5.41) is 20.7. The largest absolute Gasteiger partial charge is 0.481 e. The smallest absolute Gasteiger partial charge is 0.305 e. The van der Waals surface area contributed by atoms with Crippen molar-refractivity contribution in [1.82, 2.24) is 5.32 Å². The van der Waals surface area contributed by atoms with E-state index in [4.69, 9.17) is 10.8 Å². The van der Waals surface area contributed by atoms with E-state index in [2.05, 4.69) is 5.32 Å². The Morgan fingerprint density at radius 3 is 2.42 bits per heavy atom. The summed E-state index contributed by atoms with van der Waals surface area (Å²) in [6, 6.07) is 7.77. The van der Waals surface area contributed by atoms with Gasteiger partial charge in [0.05, 0.1) is 24.6 Å². The second-order valence-corrected chi connectivity index (χ2v) is 4.55. The van der Waals surface area contributed by atoms with Crippen LogP contribution in [0.3, 0.4) is 0 Å². The van der Waals surface area contributed by atoms with Gasteiger partial charge in [-0.05, 0) is 12.5 Å². The summed E-state index contributed by atoms with van der Waals surface area (Å²) in [7, 11) is 0. The summed E-state index contributed by atoms with van der Waals surface area (Å²) in [5.41, 5.74) is 5.21. The molecule has 0 bridgehead atoms. The molecule has 2 unspecified atom stereocenters. The van der Waals surface area contributed by atoms with E-state index in [-0.39, 0.29) is 6.61 Å². The standard InChI is InChI=1S/C13H18N2O4/c1-13(8-16,9-5-3-2-4-6-9)15-12(19)10(14)7-11(17)18/h2-6,10,16H,7-8,14H2,1H3,(H,15,19)(H,17,18). The molecule has 0 radical (unpaired) electrons. The highest BCUT2D eigenvalue weighted by molar-refractivity contribution is 5.86. The minimum absolute atomic E-state index is 0.317. The Balaban J connectivity index is 2.82. The molecule has 0 aliphatic heterocycles. The summed E-state index contributed by atoms with van der Waals surface area (Å²) >= 11 is 0. The number of hydrogen-bond acceptors (Lipinski definition) is 4. The van der Waals surface area contributed by atoms with Gasteiger partial charge in [-0.3, -0.25) is 9.59 Å². The van der Waals surface area contributed by atoms with Gasteiger partial charge in [0, 0.05) is 0 Å². The third-order valence-corrected chi connectivity index (χ3v) is 2.86. The lowest BCUT2D eigenvalue weighted by Crippen LogP contribution is -2.52. The number of aliphatic hydroxyl groups excluding tert-OH is 1. The lowest BCUT2D eigenvalue weighted by molar-refractivity contribution is -0.139. The minimum Gasteiger partial charge on any atom is -0.481 e. The third kappa shape index (κ3) is 4.04. The van der Waals surface area contributed by atoms with Crippen LogP contribution < -0.4 is 11.1 Å². The fourth-order valence-corrected chi connectivity index (χ4v) is 1.65. The zero-order valence-corrected chi connectivity index (χ0v) is 10.7. The van der Waals surface area contributed by atoms with Gasteiger partial charge < -0.3 is 21.3 Å². The Labute approximate surface area is 111 Å². The molecule has 0 aliphatic rings. The molecule has 104 valence electrons. The van der Waals surface area contributed by atoms with Gasteiger partial charge >= 0.3 is 5.97 Å². The Morgan fingerprint density at radius 2 is 1.95 bits per heavy atom. The topological polar surface area (TPSA) is 113 Å². The number of hydrogen-bond donors (Lipinski definition) is 4. The van der Waals surface area contributed by atoms with Crippen molar-refractivity contribution >= 4 is 11.9 Å². The van der Waals surface area contributed by atoms with E-state index in [9.17, 15) is 14.7 Å². The van der Waals surface area contributed by atoms with Crippen LogP contribution >= 0.6 is 0 Å². The van der Waals surface area contributed by atoms with Crippen LogP contribution in [0.15, 0.2) is 30.3 Å². The summed E-state index contributed by atoms with van der Waals surface area (Å²) in [6.07, 6.45) is -0.456. The fraction of sp³-hybridized carbons (Fsp3) is 0.385. The molecule has 0 aliphatic carbocycles. The van der Waals surface area contributed by atoms with E-state index in [1.807, 2.05) is 6.07 Å². The first-order valence-corrected chi connectivity index (χ1v) is 5.85. The highest BCUT2D eigenvalue weighted by Crippen LogP contribution is 2.19. The first-order chi connectivity index (χ1) is 8.89. The van der Waals surface area contributed by atoms with E-state index >= 15 is 0 Å². The number of carboxylic acids is 1. The van der Waals surface area contributed by atoms with Crippen molar-refractivity contribution in [3.8, 4) is 0 Å². The lowest BCUT2D eigenvalue weighted by atomic mass is 9.92. The van der Waals surface area contributed by atoms with Crippen LogP contribution in [0.1, 0.15) is 18.9 Å². The molecular formula is C13H18N2O4. The molecule has 0 aromatic heterocycles. The Bertz CT molecular complexity index is 449. The number of benzene rings is 1. The summed E-state index contributed by atoms with van der Waals surface area (Å²) in [6.45, 7) is 1.33. The summed E-state index contributed by atoms with van der Waals surface area (Å²) < 4.78 is 0. The fourth-order valence-electron chi connectivity index (χ4n) is 1.65. The van der Waals surface area contributed by atoms with Gasteiger partial charge in [0.25, 0.3) is 0 Å². The van der Waals surface area contributed by atoms with Crippen molar-refractivity contribution in [2.24, 2.45) is 5.73 Å². The molecule has 0 spiro atoms. The zero-order chi connectivity index (χ0) is 14.5. The second kappa shape index (κ2) is 6.31. The number of aliphatic hydroxyl groups is 1. The number of amides is 1. The van der Waals surface area contributed by atoms with E-state index < -0.39 is 29.9 Å². The number of rotatable bonds is 6. The first kappa shape index (κ1) is 15.1. The maximum Gasteiger partial charge on any atom is 0.305 e. The van der Waals surface area contributed by atoms with Crippen LogP contribution in [-0.2, 0) is 15.1 Å². The molecule has 6 nitrogen and oxygen atoms in total. The zero-order valence-electron chi connectivity index (χ0n) is 10.7. The average Bonchev–Trinajstić information content (AvgIpc) is 2.38. The second-order valence-electron chi connectivity index (χ2n) is 4.55. The minimum atomic E-state index is -1.15. The molecule has 2 atom stereocenters. The van der Waals surface area contributed by atoms with E-state index in [1.165, 1.54) is 0 Å². The lowest BCUT2D eigenvalue weighted by Gasteiger charge is -2.30. The molecule has 0 saturated heterocycles. The maximum atomic E-state index is 11.8. The van der Waals surface area contributed by atoms with Gasteiger partial charge in [-0.1, -0.05) is 30.3 Å². The number of nitrogens with one attached hydrogen (secondary N) is 1. The van der Waals surface area contributed by atoms with E-state index in [0.29, 0.717) is 5.56 Å². The molecule has 0 heterocycles. The highest BCUT2D eigenvalue weighted by atomic mass is 16.4. The van der Waals surface area contributed by atoms with E-state index in [1.54, 1.807) is 31.2 Å². The van der Waals surface area contributed by atoms with Crippen LogP contribution in [0.4, 0.5) is 0 Å². The third-order valence-electron chi connectivity index (χ3n) is 2.86. The van der Waals surface area contributed by atoms with Gasteiger partial charge in [-0.25, -0.2) is 0 Å². The molecule has 1 rings (SSSR count). The van der Waals surface area contributed by atoms with Crippen LogP contribution in [0.5, 0.6) is 0 Å². The summed E-state index contributed by atoms with van der Waals surface area (Å²) in [5.74, 6) is -1.75. The Kier molecular flexibility index (Phi) is 5.02. The van der Waals surface area contributed by atoms with Crippen LogP contribution in [-0.4, -0.2) is 34.7 Å². The van der Waals surface area contributed by atoms with Crippen molar-refractivity contribution in [3.05, 3.63) is 35.9 Å².